The van der Waals surface area contributed by atoms with E-state index >= 15 is 0 Å². The number of hydrogen-bond acceptors (Lipinski definition) is 4. The minimum absolute atomic E-state index is 0.236. The van der Waals surface area contributed by atoms with Crippen LogP contribution in [-0.2, 0) is 9.53 Å². The second-order valence-electron chi connectivity index (χ2n) is 6.20. The molecule has 0 aliphatic carbocycles. The Hall–Kier alpha value is -1.76. The highest BCUT2D eigenvalue weighted by Crippen LogP contribution is 2.36. The van der Waals surface area contributed by atoms with Crippen molar-refractivity contribution in [2.24, 2.45) is 0 Å². The van der Waals surface area contributed by atoms with Gasteiger partial charge in [0.1, 0.15) is 0 Å². The van der Waals surface area contributed by atoms with Crippen LogP contribution < -0.4 is 5.32 Å². The van der Waals surface area contributed by atoms with E-state index in [1.165, 1.54) is 0 Å². The number of benzene rings is 1. The zero-order chi connectivity index (χ0) is 20.1. The predicted octanol–water partition coefficient (Wildman–Crippen LogP) is 3.85. The molecule has 2 rings (SSSR count). The highest BCUT2D eigenvalue weighted by Gasteiger charge is 2.38. The molecular formula is C19H25Cl2N3O3. The van der Waals surface area contributed by atoms with Crippen molar-refractivity contribution in [1.29, 1.82) is 0 Å². The fraction of sp³-hybridized carbons (Fsp3) is 0.474. The van der Waals surface area contributed by atoms with Gasteiger partial charge < -0.3 is 15.0 Å². The summed E-state index contributed by atoms with van der Waals surface area (Å²) in [6, 6.07) is 4.02. The van der Waals surface area contributed by atoms with Crippen molar-refractivity contribution in [3.63, 3.8) is 0 Å². The van der Waals surface area contributed by atoms with Crippen LogP contribution >= 0.6 is 23.2 Å². The summed E-state index contributed by atoms with van der Waals surface area (Å²) in [6.45, 7) is 7.50. The number of halogens is 2. The lowest BCUT2D eigenvalue weighted by Crippen LogP contribution is -2.50. The van der Waals surface area contributed by atoms with Crippen molar-refractivity contribution in [2.75, 3.05) is 33.3 Å². The molecule has 1 aromatic rings. The molecule has 1 atom stereocenters. The molecule has 0 bridgehead atoms. The smallest absolute Gasteiger partial charge is 0.338 e. The summed E-state index contributed by atoms with van der Waals surface area (Å²) in [6.07, 6.45) is 0. The van der Waals surface area contributed by atoms with Crippen LogP contribution in [0.5, 0.6) is 0 Å². The Morgan fingerprint density at radius 1 is 1.30 bits per heavy atom. The second-order valence-corrected chi connectivity index (χ2v) is 7.05. The molecule has 0 fully saturated rings. The van der Waals surface area contributed by atoms with Crippen LogP contribution in [0, 0.1) is 0 Å². The standard InChI is InChI=1S/C19H25Cl2N3O3/c1-5-23(4)11-15-16(18(25)27-7-3)17(22-19(26)24(15)6-2)13-9-8-12(20)10-14(13)21/h8-10,17H,5-7,11H2,1-4H3,(H,22,26). The highest BCUT2D eigenvalue weighted by atomic mass is 35.5. The molecule has 1 aliphatic rings. The summed E-state index contributed by atoms with van der Waals surface area (Å²) in [5.41, 5.74) is 1.62. The van der Waals surface area contributed by atoms with Crippen molar-refractivity contribution in [2.45, 2.75) is 26.8 Å². The molecular weight excluding hydrogens is 389 g/mol. The van der Waals surface area contributed by atoms with E-state index in [1.807, 2.05) is 25.8 Å². The molecule has 1 aliphatic heterocycles. The predicted molar refractivity (Wildman–Crippen MR) is 107 cm³/mol. The van der Waals surface area contributed by atoms with Crippen LogP contribution in [0.4, 0.5) is 4.79 Å². The zero-order valence-corrected chi connectivity index (χ0v) is 17.5. The van der Waals surface area contributed by atoms with Crippen LogP contribution in [-0.4, -0.2) is 55.1 Å². The maximum atomic E-state index is 12.9. The first-order chi connectivity index (χ1) is 12.8. The van der Waals surface area contributed by atoms with Gasteiger partial charge in [-0.3, -0.25) is 4.90 Å². The maximum absolute atomic E-state index is 12.9. The SMILES string of the molecule is CCOC(=O)C1=C(CN(C)CC)N(CC)C(=O)NC1c1ccc(Cl)cc1Cl. The van der Waals surface area contributed by atoms with Gasteiger partial charge in [0, 0.05) is 28.8 Å². The first-order valence-electron chi connectivity index (χ1n) is 8.95. The number of ether oxygens (including phenoxy) is 1. The quantitative estimate of drug-likeness (QED) is 0.689. The summed E-state index contributed by atoms with van der Waals surface area (Å²) >= 11 is 12.4. The Morgan fingerprint density at radius 3 is 2.56 bits per heavy atom. The molecule has 0 saturated carbocycles. The Balaban J connectivity index is 2.66. The number of rotatable bonds is 7. The summed E-state index contributed by atoms with van der Waals surface area (Å²) in [5.74, 6) is -0.466. The minimum Gasteiger partial charge on any atom is -0.463 e. The molecule has 0 radical (unpaired) electrons. The fourth-order valence-corrected chi connectivity index (χ4v) is 3.51. The number of carbonyl (C=O) groups is 2. The van der Waals surface area contributed by atoms with Gasteiger partial charge in [0.05, 0.1) is 18.2 Å². The lowest BCUT2D eigenvalue weighted by Gasteiger charge is -2.37. The van der Waals surface area contributed by atoms with Crippen LogP contribution in [0.25, 0.3) is 0 Å². The van der Waals surface area contributed by atoms with E-state index in [9.17, 15) is 9.59 Å². The lowest BCUT2D eigenvalue weighted by atomic mass is 9.94. The first-order valence-corrected chi connectivity index (χ1v) is 9.71. The maximum Gasteiger partial charge on any atom is 0.338 e. The van der Waals surface area contributed by atoms with Gasteiger partial charge >= 0.3 is 12.0 Å². The topological polar surface area (TPSA) is 61.9 Å². The van der Waals surface area contributed by atoms with Crippen LogP contribution in [0.1, 0.15) is 32.4 Å². The molecule has 0 aromatic heterocycles. The Labute approximate surface area is 170 Å². The van der Waals surface area contributed by atoms with Gasteiger partial charge in [0.2, 0.25) is 0 Å². The molecule has 148 valence electrons. The number of hydrogen-bond donors (Lipinski definition) is 1. The summed E-state index contributed by atoms with van der Waals surface area (Å²) in [7, 11) is 1.93. The van der Waals surface area contributed by atoms with E-state index in [-0.39, 0.29) is 12.6 Å². The largest absolute Gasteiger partial charge is 0.463 e. The van der Waals surface area contributed by atoms with Crippen LogP contribution in [0.15, 0.2) is 29.5 Å². The van der Waals surface area contributed by atoms with Crippen molar-refractivity contribution >= 4 is 35.2 Å². The van der Waals surface area contributed by atoms with Crippen molar-refractivity contribution in [3.05, 3.63) is 45.1 Å². The molecule has 1 N–H and O–H groups in total. The number of amides is 2. The van der Waals surface area contributed by atoms with Crippen molar-refractivity contribution in [1.82, 2.24) is 15.1 Å². The van der Waals surface area contributed by atoms with Gasteiger partial charge in [0.25, 0.3) is 0 Å². The summed E-state index contributed by atoms with van der Waals surface area (Å²) in [5, 5.41) is 3.74. The number of carbonyl (C=O) groups excluding carboxylic acids is 2. The number of likely N-dealkylation sites (N-methyl/N-ethyl adjacent to an activating group) is 2. The van der Waals surface area contributed by atoms with E-state index in [0.717, 1.165) is 6.54 Å². The number of esters is 1. The third kappa shape index (κ3) is 4.75. The van der Waals surface area contributed by atoms with E-state index in [1.54, 1.807) is 30.0 Å². The van der Waals surface area contributed by atoms with Gasteiger partial charge in [-0.25, -0.2) is 9.59 Å². The zero-order valence-electron chi connectivity index (χ0n) is 16.0. The Kier molecular flexibility index (Phi) is 7.53. The molecule has 1 unspecified atom stereocenters. The molecule has 1 heterocycles. The van der Waals surface area contributed by atoms with Gasteiger partial charge in [-0.2, -0.15) is 0 Å². The molecule has 27 heavy (non-hydrogen) atoms. The van der Waals surface area contributed by atoms with E-state index in [4.69, 9.17) is 27.9 Å². The van der Waals surface area contributed by atoms with E-state index in [0.29, 0.717) is 40.0 Å². The molecule has 2 amide bonds. The lowest BCUT2D eigenvalue weighted by molar-refractivity contribution is -0.139. The second kappa shape index (κ2) is 9.44. The van der Waals surface area contributed by atoms with Gasteiger partial charge in [0.15, 0.2) is 0 Å². The van der Waals surface area contributed by atoms with Gasteiger partial charge in [-0.1, -0.05) is 36.2 Å². The van der Waals surface area contributed by atoms with Gasteiger partial charge in [-0.15, -0.1) is 0 Å². The number of nitrogens with one attached hydrogen (secondary N) is 1. The monoisotopic (exact) mass is 413 g/mol. The Bertz CT molecular complexity index is 752. The molecule has 8 heteroatoms. The third-order valence-electron chi connectivity index (χ3n) is 4.48. The molecule has 6 nitrogen and oxygen atoms in total. The first kappa shape index (κ1) is 21.5. The number of urea groups is 1. The molecule has 0 spiro atoms. The molecule has 1 aromatic carbocycles. The fourth-order valence-electron chi connectivity index (χ4n) is 2.99. The van der Waals surface area contributed by atoms with Crippen molar-refractivity contribution in [3.8, 4) is 0 Å². The minimum atomic E-state index is -0.704. The average Bonchev–Trinajstić information content (AvgIpc) is 2.61. The average molecular weight is 414 g/mol. The normalized spacial score (nSPS) is 17.4. The molecule has 0 saturated heterocycles. The van der Waals surface area contributed by atoms with Crippen LogP contribution in [0.3, 0.4) is 0 Å². The third-order valence-corrected chi connectivity index (χ3v) is 5.05. The summed E-state index contributed by atoms with van der Waals surface area (Å²) < 4.78 is 5.31. The van der Waals surface area contributed by atoms with Crippen LogP contribution in [0.2, 0.25) is 10.0 Å². The van der Waals surface area contributed by atoms with Gasteiger partial charge in [-0.05, 0) is 45.1 Å². The number of nitrogens with zero attached hydrogens (tertiary/aromatic N) is 2. The van der Waals surface area contributed by atoms with Crippen molar-refractivity contribution < 1.29 is 14.3 Å². The summed E-state index contributed by atoms with van der Waals surface area (Å²) in [4.78, 5) is 29.2. The van der Waals surface area contributed by atoms with E-state index < -0.39 is 12.0 Å². The van der Waals surface area contributed by atoms with E-state index in [2.05, 4.69) is 5.32 Å². The Morgan fingerprint density at radius 2 is 2.00 bits per heavy atom. The highest BCUT2D eigenvalue weighted by molar-refractivity contribution is 6.35.